The smallest absolute Gasteiger partial charge is 0.0601 e. The van der Waals surface area contributed by atoms with Crippen molar-refractivity contribution >= 4 is 11.4 Å². The molecule has 0 aromatic heterocycles. The quantitative estimate of drug-likeness (QED) is 0.750. The summed E-state index contributed by atoms with van der Waals surface area (Å²) in [5, 5.41) is 0. The summed E-state index contributed by atoms with van der Waals surface area (Å²) in [6, 6.07) is 6.69. The van der Waals surface area contributed by atoms with E-state index < -0.39 is 0 Å². The molecule has 0 amide bonds. The van der Waals surface area contributed by atoms with Crippen LogP contribution in [0.3, 0.4) is 0 Å². The lowest BCUT2D eigenvalue weighted by Gasteiger charge is -2.24. The summed E-state index contributed by atoms with van der Waals surface area (Å²) in [7, 11) is 8.34. The van der Waals surface area contributed by atoms with E-state index >= 15 is 0 Å². The molecule has 0 heterocycles. The Hall–Kier alpha value is -1.18. The molecule has 0 aliphatic carbocycles. The lowest BCUT2D eigenvalue weighted by molar-refractivity contribution is 0.864. The van der Waals surface area contributed by atoms with Gasteiger partial charge in [0.2, 0.25) is 0 Å². The van der Waals surface area contributed by atoms with Crippen LogP contribution in [0, 0.1) is 0 Å². The van der Waals surface area contributed by atoms with Crippen LogP contribution in [0.25, 0.3) is 0 Å². The number of anilines is 2. The van der Waals surface area contributed by atoms with Crippen molar-refractivity contribution in [2.24, 2.45) is 0 Å². The van der Waals surface area contributed by atoms with Gasteiger partial charge in [-0.05, 0) is 23.6 Å². The highest BCUT2D eigenvalue weighted by atomic mass is 15.1. The second kappa shape index (κ2) is 4.56. The maximum atomic E-state index is 2.28. The van der Waals surface area contributed by atoms with Crippen molar-refractivity contribution in [3.63, 3.8) is 0 Å². The molecule has 0 radical (unpaired) electrons. The Morgan fingerprint density at radius 3 is 1.80 bits per heavy atom. The molecule has 2 nitrogen and oxygen atoms in total. The first-order chi connectivity index (χ1) is 6.93. The molecule has 0 N–H and O–H groups in total. The van der Waals surface area contributed by atoms with Crippen LogP contribution in [0.1, 0.15) is 25.3 Å². The van der Waals surface area contributed by atoms with Crippen LogP contribution in [-0.2, 0) is 0 Å². The molecule has 0 saturated heterocycles. The van der Waals surface area contributed by atoms with Gasteiger partial charge in [-0.25, -0.2) is 0 Å². The summed E-state index contributed by atoms with van der Waals surface area (Å²) in [6.07, 6.45) is 0. The van der Waals surface area contributed by atoms with Crippen LogP contribution in [0.15, 0.2) is 18.2 Å². The van der Waals surface area contributed by atoms with Crippen LogP contribution < -0.4 is 9.80 Å². The molecule has 1 rings (SSSR count). The zero-order valence-electron chi connectivity index (χ0n) is 10.7. The molecule has 0 bridgehead atoms. The zero-order valence-corrected chi connectivity index (χ0v) is 10.7. The minimum atomic E-state index is 0.583. The number of nitrogens with zero attached hydrogens (tertiary/aromatic N) is 2. The normalized spacial score (nSPS) is 10.6. The average molecular weight is 206 g/mol. The third kappa shape index (κ3) is 2.65. The Morgan fingerprint density at radius 2 is 1.40 bits per heavy atom. The van der Waals surface area contributed by atoms with E-state index in [2.05, 4.69) is 70.0 Å². The first-order valence-corrected chi connectivity index (χ1v) is 5.42. The summed E-state index contributed by atoms with van der Waals surface area (Å²) >= 11 is 0. The maximum Gasteiger partial charge on any atom is 0.0601 e. The van der Waals surface area contributed by atoms with Gasteiger partial charge in [0.15, 0.2) is 0 Å². The molecule has 84 valence electrons. The first kappa shape index (κ1) is 11.9. The van der Waals surface area contributed by atoms with E-state index in [0.29, 0.717) is 5.92 Å². The predicted molar refractivity (Wildman–Crippen MR) is 69.2 cm³/mol. The topological polar surface area (TPSA) is 6.48 Å². The van der Waals surface area contributed by atoms with Gasteiger partial charge in [-0.15, -0.1) is 0 Å². The van der Waals surface area contributed by atoms with Crippen molar-refractivity contribution < 1.29 is 0 Å². The Morgan fingerprint density at radius 1 is 0.867 bits per heavy atom. The van der Waals surface area contributed by atoms with E-state index in [4.69, 9.17) is 0 Å². The van der Waals surface area contributed by atoms with Gasteiger partial charge in [0, 0.05) is 28.2 Å². The number of hydrogen-bond acceptors (Lipinski definition) is 2. The van der Waals surface area contributed by atoms with Gasteiger partial charge in [0.25, 0.3) is 0 Å². The van der Waals surface area contributed by atoms with Crippen molar-refractivity contribution in [1.82, 2.24) is 0 Å². The molecule has 15 heavy (non-hydrogen) atoms. The fourth-order valence-electron chi connectivity index (χ4n) is 1.64. The molecule has 0 atom stereocenters. The predicted octanol–water partition coefficient (Wildman–Crippen LogP) is 2.94. The third-order valence-corrected chi connectivity index (χ3v) is 2.63. The van der Waals surface area contributed by atoms with E-state index in [1.165, 1.54) is 16.9 Å². The summed E-state index contributed by atoms with van der Waals surface area (Å²) in [4.78, 5) is 4.32. The van der Waals surface area contributed by atoms with Crippen LogP contribution in [0.2, 0.25) is 0 Å². The molecule has 0 saturated carbocycles. The van der Waals surface area contributed by atoms with Gasteiger partial charge >= 0.3 is 0 Å². The van der Waals surface area contributed by atoms with Crippen molar-refractivity contribution in [3.8, 4) is 0 Å². The second-order valence-electron chi connectivity index (χ2n) is 4.69. The second-order valence-corrected chi connectivity index (χ2v) is 4.69. The van der Waals surface area contributed by atoms with Gasteiger partial charge in [0.05, 0.1) is 11.4 Å². The van der Waals surface area contributed by atoms with Crippen molar-refractivity contribution in [1.29, 1.82) is 0 Å². The molecular weight excluding hydrogens is 184 g/mol. The molecule has 0 spiro atoms. The van der Waals surface area contributed by atoms with Crippen molar-refractivity contribution in [2.45, 2.75) is 19.8 Å². The molecule has 0 unspecified atom stereocenters. The number of rotatable bonds is 3. The van der Waals surface area contributed by atoms with E-state index in [0.717, 1.165) is 0 Å². The largest absolute Gasteiger partial charge is 0.376 e. The van der Waals surface area contributed by atoms with Gasteiger partial charge in [0.1, 0.15) is 0 Å². The highest BCUT2D eigenvalue weighted by Gasteiger charge is 2.09. The van der Waals surface area contributed by atoms with Crippen LogP contribution in [0.5, 0.6) is 0 Å². The summed E-state index contributed by atoms with van der Waals surface area (Å²) in [6.45, 7) is 4.45. The zero-order chi connectivity index (χ0) is 11.6. The summed E-state index contributed by atoms with van der Waals surface area (Å²) in [5.41, 5.74) is 3.94. The maximum absolute atomic E-state index is 2.28. The van der Waals surface area contributed by atoms with Gasteiger partial charge in [-0.3, -0.25) is 0 Å². The third-order valence-electron chi connectivity index (χ3n) is 2.63. The summed E-state index contributed by atoms with van der Waals surface area (Å²) < 4.78 is 0. The van der Waals surface area contributed by atoms with Crippen LogP contribution in [-0.4, -0.2) is 28.2 Å². The fourth-order valence-corrected chi connectivity index (χ4v) is 1.64. The van der Waals surface area contributed by atoms with Crippen molar-refractivity contribution in [3.05, 3.63) is 23.8 Å². The van der Waals surface area contributed by atoms with Crippen molar-refractivity contribution in [2.75, 3.05) is 38.0 Å². The summed E-state index contributed by atoms with van der Waals surface area (Å²) in [5.74, 6) is 0.583. The average Bonchev–Trinajstić information content (AvgIpc) is 2.16. The highest BCUT2D eigenvalue weighted by Crippen LogP contribution is 2.30. The Labute approximate surface area is 93.5 Å². The monoisotopic (exact) mass is 206 g/mol. The molecule has 0 fully saturated rings. The molecule has 2 heteroatoms. The lowest BCUT2D eigenvalue weighted by atomic mass is 10.0. The highest BCUT2D eigenvalue weighted by molar-refractivity contribution is 5.71. The van der Waals surface area contributed by atoms with Crippen LogP contribution >= 0.6 is 0 Å². The number of hydrogen-bond donors (Lipinski definition) is 0. The molecule has 1 aromatic rings. The lowest BCUT2D eigenvalue weighted by Crippen LogP contribution is -2.17. The van der Waals surface area contributed by atoms with E-state index in [1.54, 1.807) is 0 Å². The minimum absolute atomic E-state index is 0.583. The molecule has 0 aliphatic rings. The minimum Gasteiger partial charge on any atom is -0.376 e. The van der Waals surface area contributed by atoms with E-state index in [9.17, 15) is 0 Å². The molecule has 0 aliphatic heterocycles. The van der Waals surface area contributed by atoms with E-state index in [1.807, 2.05) is 0 Å². The molecule has 1 aromatic carbocycles. The SMILES string of the molecule is CC(C)c1ccc(N(C)C)c(N(C)C)c1. The van der Waals surface area contributed by atoms with Gasteiger partial charge in [-0.1, -0.05) is 19.9 Å². The fraction of sp³-hybridized carbons (Fsp3) is 0.538. The van der Waals surface area contributed by atoms with Gasteiger partial charge in [-0.2, -0.15) is 0 Å². The van der Waals surface area contributed by atoms with Gasteiger partial charge < -0.3 is 9.80 Å². The Bertz CT molecular complexity index is 327. The Balaban J connectivity index is 3.21. The molecular formula is C13H22N2. The standard InChI is InChI=1S/C13H22N2/c1-10(2)11-7-8-12(14(3)4)13(9-11)15(5)6/h7-10H,1-6H3. The Kier molecular flexibility index (Phi) is 3.61. The number of benzene rings is 1. The first-order valence-electron chi connectivity index (χ1n) is 5.42. The van der Waals surface area contributed by atoms with E-state index in [-0.39, 0.29) is 0 Å². The van der Waals surface area contributed by atoms with Crippen LogP contribution in [0.4, 0.5) is 11.4 Å².